The second kappa shape index (κ2) is 7.50. The quantitative estimate of drug-likeness (QED) is 0.358. The third-order valence-corrected chi connectivity index (χ3v) is 14.2. The fourth-order valence-electron chi connectivity index (χ4n) is 11.7. The van der Waals surface area contributed by atoms with Crippen LogP contribution in [-0.2, 0) is 9.53 Å². The van der Waals surface area contributed by atoms with Crippen LogP contribution in [0.3, 0.4) is 0 Å². The van der Waals surface area contributed by atoms with E-state index in [1.54, 1.807) is 6.92 Å². The van der Waals surface area contributed by atoms with Crippen LogP contribution < -0.4 is 0 Å². The normalized spacial score (nSPS) is 56.3. The molecule has 5 rings (SSSR count). The SMILES string of the molecule is CC(=O)O[C@H]1CCC2[C@]3(C)CC[C@@]4(C)[C@@H]5CC(C)(C)CC[C@]5(C)CC[C@]4(C)C3CC[C@]2(C)[C@H]1C. The molecule has 0 aromatic rings. The average molecular weight is 471 g/mol. The van der Waals surface area contributed by atoms with Crippen molar-refractivity contribution in [2.75, 3.05) is 0 Å². The number of esters is 1. The summed E-state index contributed by atoms with van der Waals surface area (Å²) in [7, 11) is 0. The summed E-state index contributed by atoms with van der Waals surface area (Å²) in [4.78, 5) is 11.8. The molecule has 0 aliphatic heterocycles. The van der Waals surface area contributed by atoms with Gasteiger partial charge in [0.2, 0.25) is 0 Å². The van der Waals surface area contributed by atoms with E-state index in [1.807, 2.05) is 0 Å². The average Bonchev–Trinajstić information content (AvgIpc) is 2.74. The van der Waals surface area contributed by atoms with E-state index in [0.717, 1.165) is 24.2 Å². The van der Waals surface area contributed by atoms with Crippen LogP contribution in [0.4, 0.5) is 0 Å². The minimum absolute atomic E-state index is 0.0968. The monoisotopic (exact) mass is 470 g/mol. The van der Waals surface area contributed by atoms with Gasteiger partial charge in [-0.1, -0.05) is 55.4 Å². The van der Waals surface area contributed by atoms with E-state index in [4.69, 9.17) is 4.74 Å². The predicted octanol–water partition coefficient (Wildman–Crippen LogP) is 8.82. The minimum Gasteiger partial charge on any atom is -0.462 e. The van der Waals surface area contributed by atoms with Crippen molar-refractivity contribution >= 4 is 5.97 Å². The zero-order valence-corrected chi connectivity index (χ0v) is 24.0. The van der Waals surface area contributed by atoms with Gasteiger partial charge in [-0.3, -0.25) is 4.79 Å². The van der Waals surface area contributed by atoms with Crippen LogP contribution in [0.1, 0.15) is 133 Å². The maximum atomic E-state index is 11.8. The highest BCUT2D eigenvalue weighted by molar-refractivity contribution is 5.66. The predicted molar refractivity (Wildman–Crippen MR) is 140 cm³/mol. The molecule has 2 nitrogen and oxygen atoms in total. The molecular weight excluding hydrogens is 416 g/mol. The molecule has 2 heteroatoms. The van der Waals surface area contributed by atoms with Crippen LogP contribution in [-0.4, -0.2) is 12.1 Å². The van der Waals surface area contributed by atoms with E-state index in [0.29, 0.717) is 38.4 Å². The van der Waals surface area contributed by atoms with Crippen LogP contribution in [0.15, 0.2) is 0 Å². The maximum Gasteiger partial charge on any atom is 0.302 e. The smallest absolute Gasteiger partial charge is 0.302 e. The van der Waals surface area contributed by atoms with Crippen LogP contribution in [0.2, 0.25) is 0 Å². The first-order valence-electron chi connectivity index (χ1n) is 14.8. The van der Waals surface area contributed by atoms with E-state index in [9.17, 15) is 4.79 Å². The number of fused-ring (bicyclic) bond motifs is 7. The zero-order valence-electron chi connectivity index (χ0n) is 24.0. The van der Waals surface area contributed by atoms with Crippen LogP contribution >= 0.6 is 0 Å². The molecule has 0 spiro atoms. The Labute approximate surface area is 210 Å². The van der Waals surface area contributed by atoms with Crippen molar-refractivity contribution in [1.29, 1.82) is 0 Å². The fraction of sp³-hybridized carbons (Fsp3) is 0.969. The van der Waals surface area contributed by atoms with Crippen molar-refractivity contribution in [2.45, 2.75) is 139 Å². The third kappa shape index (κ3) is 3.21. The Balaban J connectivity index is 1.49. The fourth-order valence-corrected chi connectivity index (χ4v) is 11.7. The van der Waals surface area contributed by atoms with Crippen molar-refractivity contribution in [3.8, 4) is 0 Å². The molecule has 34 heavy (non-hydrogen) atoms. The first kappa shape index (κ1) is 25.1. The molecule has 0 radical (unpaired) electrons. The van der Waals surface area contributed by atoms with Gasteiger partial charge >= 0.3 is 5.97 Å². The highest BCUT2D eigenvalue weighted by Crippen LogP contribution is 2.78. The van der Waals surface area contributed by atoms with Gasteiger partial charge in [0.05, 0.1) is 0 Å². The largest absolute Gasteiger partial charge is 0.462 e. The number of carbonyl (C=O) groups excluding carboxylic acids is 1. The Bertz CT molecular complexity index is 846. The molecule has 0 aromatic heterocycles. The Hall–Kier alpha value is -0.530. The van der Waals surface area contributed by atoms with Gasteiger partial charge in [0, 0.05) is 6.92 Å². The molecule has 0 heterocycles. The molecule has 0 amide bonds. The number of rotatable bonds is 1. The molecule has 0 aromatic carbocycles. The number of ether oxygens (including phenoxy) is 1. The molecule has 5 aliphatic carbocycles. The lowest BCUT2D eigenvalue weighted by Gasteiger charge is -2.75. The molecular formula is C32H54O2. The summed E-state index contributed by atoms with van der Waals surface area (Å²) in [6, 6.07) is 0. The van der Waals surface area contributed by atoms with E-state index in [1.165, 1.54) is 64.2 Å². The third-order valence-electron chi connectivity index (χ3n) is 14.2. The first-order valence-corrected chi connectivity index (χ1v) is 14.8. The maximum absolute atomic E-state index is 11.8. The van der Waals surface area contributed by atoms with Gasteiger partial charge in [-0.2, -0.15) is 0 Å². The topological polar surface area (TPSA) is 26.3 Å². The van der Waals surface area contributed by atoms with Gasteiger partial charge in [0.15, 0.2) is 0 Å². The van der Waals surface area contributed by atoms with Crippen molar-refractivity contribution in [3.63, 3.8) is 0 Å². The van der Waals surface area contributed by atoms with Crippen molar-refractivity contribution in [1.82, 2.24) is 0 Å². The summed E-state index contributed by atoms with van der Waals surface area (Å²) in [5.74, 6) is 2.84. The number of carbonyl (C=O) groups is 1. The summed E-state index contributed by atoms with van der Waals surface area (Å²) in [6.07, 6.45) is 15.1. The van der Waals surface area contributed by atoms with Crippen LogP contribution in [0.5, 0.6) is 0 Å². The standard InChI is InChI=1S/C32H54O2/c1-21-23(34-22(2)33)10-11-24-29(21,6)13-12-25-30(24,7)17-19-32(9)26-20-27(3,4)14-15-28(26,5)16-18-31(25,32)8/h21,23-26H,10-20H2,1-9H3/t21-,23-,24?,25?,26+,28+,29+,30-,31+,32-/m0/s1. The second-order valence-electron chi connectivity index (χ2n) is 16.1. The van der Waals surface area contributed by atoms with E-state index >= 15 is 0 Å². The number of hydrogen-bond acceptors (Lipinski definition) is 2. The van der Waals surface area contributed by atoms with Gasteiger partial charge in [0.25, 0.3) is 0 Å². The Morgan fingerprint density at radius 3 is 1.97 bits per heavy atom. The molecule has 5 saturated carbocycles. The summed E-state index contributed by atoms with van der Waals surface area (Å²) in [5.41, 5.74) is 2.70. The van der Waals surface area contributed by atoms with Gasteiger partial charge < -0.3 is 4.74 Å². The van der Waals surface area contributed by atoms with Crippen molar-refractivity contribution in [2.24, 2.45) is 56.2 Å². The van der Waals surface area contributed by atoms with Crippen LogP contribution in [0.25, 0.3) is 0 Å². The van der Waals surface area contributed by atoms with Crippen molar-refractivity contribution in [3.05, 3.63) is 0 Å². The molecule has 0 bridgehead atoms. The Morgan fingerprint density at radius 2 is 1.29 bits per heavy atom. The van der Waals surface area contributed by atoms with E-state index < -0.39 is 0 Å². The Morgan fingerprint density at radius 1 is 0.676 bits per heavy atom. The lowest BCUT2D eigenvalue weighted by Crippen LogP contribution is -2.68. The highest BCUT2D eigenvalue weighted by atomic mass is 16.5. The Kier molecular flexibility index (Phi) is 5.55. The minimum atomic E-state index is -0.0968. The first-order chi connectivity index (χ1) is 15.6. The van der Waals surface area contributed by atoms with Crippen LogP contribution in [0, 0.1) is 56.2 Å². The molecule has 0 N–H and O–H groups in total. The molecule has 194 valence electrons. The summed E-state index contributed by atoms with van der Waals surface area (Å²) >= 11 is 0. The second-order valence-corrected chi connectivity index (χ2v) is 16.1. The number of hydrogen-bond donors (Lipinski definition) is 0. The highest BCUT2D eigenvalue weighted by Gasteiger charge is 2.70. The van der Waals surface area contributed by atoms with E-state index in [-0.39, 0.29) is 12.1 Å². The molecule has 2 unspecified atom stereocenters. The van der Waals surface area contributed by atoms with Crippen molar-refractivity contribution < 1.29 is 9.53 Å². The molecule has 0 saturated heterocycles. The molecule has 10 atom stereocenters. The zero-order chi connectivity index (χ0) is 24.9. The lowest BCUT2D eigenvalue weighted by molar-refractivity contribution is -0.263. The summed E-state index contributed by atoms with van der Waals surface area (Å²) < 4.78 is 5.86. The van der Waals surface area contributed by atoms with Gasteiger partial charge in [-0.05, 0) is 127 Å². The lowest BCUT2D eigenvalue weighted by atomic mass is 9.30. The summed E-state index contributed by atoms with van der Waals surface area (Å²) in [5, 5.41) is 0. The van der Waals surface area contributed by atoms with E-state index in [2.05, 4.69) is 55.4 Å². The summed E-state index contributed by atoms with van der Waals surface area (Å²) in [6.45, 7) is 22.5. The van der Waals surface area contributed by atoms with Gasteiger partial charge in [-0.25, -0.2) is 0 Å². The van der Waals surface area contributed by atoms with Gasteiger partial charge in [0.1, 0.15) is 6.10 Å². The van der Waals surface area contributed by atoms with Gasteiger partial charge in [-0.15, -0.1) is 0 Å². The molecule has 5 aliphatic rings. The molecule has 5 fully saturated rings.